The van der Waals surface area contributed by atoms with Crippen LogP contribution < -0.4 is 0 Å². The molecule has 2 N–H and O–H groups in total. The van der Waals surface area contributed by atoms with Crippen LogP contribution in [0.25, 0.3) is 10.9 Å². The maximum absolute atomic E-state index is 12.8. The molecule has 0 radical (unpaired) electrons. The number of aliphatic hydroxyl groups is 1. The Labute approximate surface area is 147 Å². The van der Waals surface area contributed by atoms with E-state index in [1.54, 1.807) is 18.7 Å². The maximum Gasteiger partial charge on any atom is 0.290 e. The minimum Gasteiger partial charge on any atom is -0.503 e. The van der Waals surface area contributed by atoms with Crippen molar-refractivity contribution in [1.82, 2.24) is 9.88 Å². The average Bonchev–Trinajstić information content (AvgIpc) is 3.02. The molecule has 25 heavy (non-hydrogen) atoms. The summed E-state index contributed by atoms with van der Waals surface area (Å²) < 4.78 is 0. The highest BCUT2D eigenvalue weighted by Crippen LogP contribution is 2.42. The molecule has 1 amide bonds. The Morgan fingerprint density at radius 3 is 2.64 bits per heavy atom. The first kappa shape index (κ1) is 17.3. The van der Waals surface area contributed by atoms with Crippen LogP contribution in [0, 0.1) is 12.8 Å². The number of ketones is 1. The number of carbonyl (C=O) groups is 2. The topological polar surface area (TPSA) is 73.4 Å². The van der Waals surface area contributed by atoms with Crippen molar-refractivity contribution in [1.29, 1.82) is 0 Å². The molecule has 0 bridgehead atoms. The quantitative estimate of drug-likeness (QED) is 0.869. The van der Waals surface area contributed by atoms with Gasteiger partial charge < -0.3 is 15.0 Å². The van der Waals surface area contributed by atoms with E-state index in [0.717, 1.165) is 28.6 Å². The third-order valence-electron chi connectivity index (χ3n) is 4.77. The molecule has 2 aromatic rings. The normalized spacial score (nSPS) is 18.0. The number of aliphatic hydroxyl groups excluding tert-OH is 1. The van der Waals surface area contributed by atoms with E-state index >= 15 is 0 Å². The molecule has 1 aliphatic heterocycles. The number of aryl methyl sites for hydroxylation is 1. The summed E-state index contributed by atoms with van der Waals surface area (Å²) in [6, 6.07) is 7.29. The maximum atomic E-state index is 12.8. The van der Waals surface area contributed by atoms with Crippen LogP contribution in [0.4, 0.5) is 0 Å². The van der Waals surface area contributed by atoms with Crippen LogP contribution in [0.3, 0.4) is 0 Å². The zero-order chi connectivity index (χ0) is 18.3. The van der Waals surface area contributed by atoms with Gasteiger partial charge in [0.05, 0.1) is 11.6 Å². The molecular formula is C20H24N2O3. The van der Waals surface area contributed by atoms with Gasteiger partial charge in [-0.1, -0.05) is 39.0 Å². The van der Waals surface area contributed by atoms with Crippen LogP contribution in [0.15, 0.2) is 35.6 Å². The Kier molecular flexibility index (Phi) is 4.41. The number of carbonyl (C=O) groups excluding carboxylic acids is 2. The zero-order valence-electron chi connectivity index (χ0n) is 15.1. The number of fused-ring (bicyclic) bond motifs is 1. The van der Waals surface area contributed by atoms with Gasteiger partial charge in [-0.05, 0) is 19.4 Å². The van der Waals surface area contributed by atoms with E-state index in [0.29, 0.717) is 6.54 Å². The van der Waals surface area contributed by atoms with E-state index in [1.807, 2.05) is 38.1 Å². The molecule has 3 rings (SSSR count). The van der Waals surface area contributed by atoms with Crippen LogP contribution in [0.1, 0.15) is 44.5 Å². The van der Waals surface area contributed by atoms with Gasteiger partial charge in [-0.2, -0.15) is 0 Å². The Balaban J connectivity index is 2.25. The van der Waals surface area contributed by atoms with E-state index < -0.39 is 17.7 Å². The Morgan fingerprint density at radius 1 is 1.32 bits per heavy atom. The van der Waals surface area contributed by atoms with Crippen molar-refractivity contribution in [3.8, 4) is 0 Å². The molecule has 1 atom stereocenters. The highest BCUT2D eigenvalue weighted by atomic mass is 16.3. The van der Waals surface area contributed by atoms with Crippen molar-refractivity contribution in [2.45, 2.75) is 40.2 Å². The molecule has 0 aliphatic carbocycles. The summed E-state index contributed by atoms with van der Waals surface area (Å²) in [7, 11) is 0. The zero-order valence-corrected chi connectivity index (χ0v) is 15.1. The molecule has 0 spiro atoms. The number of nitrogens with one attached hydrogen (secondary N) is 1. The van der Waals surface area contributed by atoms with Gasteiger partial charge in [-0.15, -0.1) is 0 Å². The first-order chi connectivity index (χ1) is 11.9. The second kappa shape index (κ2) is 6.39. The summed E-state index contributed by atoms with van der Waals surface area (Å²) in [4.78, 5) is 30.4. The van der Waals surface area contributed by atoms with Crippen LogP contribution in [0.5, 0.6) is 0 Å². The number of nitrogens with zero attached hydrogens (tertiary/aromatic N) is 1. The molecule has 0 fully saturated rings. The van der Waals surface area contributed by atoms with Crippen molar-refractivity contribution in [3.63, 3.8) is 0 Å². The third-order valence-corrected chi connectivity index (χ3v) is 4.77. The number of H-pyrrole nitrogens is 1. The van der Waals surface area contributed by atoms with Crippen LogP contribution >= 0.6 is 0 Å². The monoisotopic (exact) mass is 340 g/mol. The van der Waals surface area contributed by atoms with E-state index in [4.69, 9.17) is 0 Å². The first-order valence-electron chi connectivity index (χ1n) is 8.74. The molecule has 1 aromatic heterocycles. The summed E-state index contributed by atoms with van der Waals surface area (Å²) in [6.07, 6.45) is 0.750. The molecule has 1 aromatic carbocycles. The van der Waals surface area contributed by atoms with E-state index in [-0.39, 0.29) is 17.3 Å². The summed E-state index contributed by atoms with van der Waals surface area (Å²) in [6.45, 7) is 7.98. The second-order valence-corrected chi connectivity index (χ2v) is 6.89. The molecule has 5 nitrogen and oxygen atoms in total. The first-order valence-corrected chi connectivity index (χ1v) is 8.74. The number of aromatic amines is 1. The highest BCUT2D eigenvalue weighted by molar-refractivity contribution is 6.10. The van der Waals surface area contributed by atoms with Crippen molar-refractivity contribution in [3.05, 3.63) is 46.9 Å². The van der Waals surface area contributed by atoms with Crippen LogP contribution in [-0.4, -0.2) is 33.2 Å². The molecular weight excluding hydrogens is 316 g/mol. The number of amides is 1. The molecule has 1 aliphatic rings. The van der Waals surface area contributed by atoms with Gasteiger partial charge in [-0.3, -0.25) is 9.59 Å². The third kappa shape index (κ3) is 2.64. The lowest BCUT2D eigenvalue weighted by atomic mass is 9.90. The Hall–Kier alpha value is -2.56. The van der Waals surface area contributed by atoms with E-state index in [9.17, 15) is 14.7 Å². The van der Waals surface area contributed by atoms with Crippen molar-refractivity contribution in [2.24, 2.45) is 5.92 Å². The fraction of sp³-hybridized carbons (Fsp3) is 0.400. The predicted molar refractivity (Wildman–Crippen MR) is 97.3 cm³/mol. The van der Waals surface area contributed by atoms with Crippen LogP contribution in [-0.2, 0) is 9.59 Å². The molecule has 5 heteroatoms. The Morgan fingerprint density at radius 2 is 2.00 bits per heavy atom. The van der Waals surface area contributed by atoms with Gasteiger partial charge in [0.15, 0.2) is 11.5 Å². The van der Waals surface area contributed by atoms with Gasteiger partial charge in [0.2, 0.25) is 0 Å². The summed E-state index contributed by atoms with van der Waals surface area (Å²) in [5.74, 6) is -1.33. The lowest BCUT2D eigenvalue weighted by Gasteiger charge is -2.27. The Bertz CT molecular complexity index is 876. The number of hydrogen-bond acceptors (Lipinski definition) is 3. The average molecular weight is 340 g/mol. The molecule has 2 heterocycles. The number of rotatable bonds is 5. The number of Topliss-reactive ketones (excluding diaryl/α,β-unsaturated/α-hetero) is 1. The minimum absolute atomic E-state index is 0.181. The number of benzene rings is 1. The largest absolute Gasteiger partial charge is 0.503 e. The lowest BCUT2D eigenvalue weighted by Crippen LogP contribution is -2.32. The van der Waals surface area contributed by atoms with Gasteiger partial charge in [0, 0.05) is 34.6 Å². The lowest BCUT2D eigenvalue weighted by molar-refractivity contribution is -0.129. The van der Waals surface area contributed by atoms with Crippen molar-refractivity contribution >= 4 is 22.6 Å². The number of hydrogen-bond donors (Lipinski definition) is 2. The highest BCUT2D eigenvalue weighted by Gasteiger charge is 2.44. The van der Waals surface area contributed by atoms with Gasteiger partial charge >= 0.3 is 0 Å². The van der Waals surface area contributed by atoms with Gasteiger partial charge in [0.25, 0.3) is 5.91 Å². The smallest absolute Gasteiger partial charge is 0.290 e. The van der Waals surface area contributed by atoms with E-state index in [1.165, 1.54) is 0 Å². The summed E-state index contributed by atoms with van der Waals surface area (Å²) in [5, 5.41) is 11.4. The van der Waals surface area contributed by atoms with Crippen molar-refractivity contribution < 1.29 is 14.7 Å². The molecule has 0 saturated heterocycles. The number of aromatic nitrogens is 1. The van der Waals surface area contributed by atoms with Gasteiger partial charge in [-0.25, -0.2) is 0 Å². The fourth-order valence-corrected chi connectivity index (χ4v) is 3.64. The molecule has 132 valence electrons. The predicted octanol–water partition coefficient (Wildman–Crippen LogP) is 3.81. The minimum atomic E-state index is -0.543. The summed E-state index contributed by atoms with van der Waals surface area (Å²) in [5.41, 5.74) is 2.98. The van der Waals surface area contributed by atoms with Crippen molar-refractivity contribution in [2.75, 3.05) is 6.54 Å². The molecule has 1 unspecified atom stereocenters. The fourth-order valence-electron chi connectivity index (χ4n) is 3.64. The molecule has 0 saturated carbocycles. The van der Waals surface area contributed by atoms with Gasteiger partial charge in [0.1, 0.15) is 0 Å². The second-order valence-electron chi connectivity index (χ2n) is 6.89. The summed E-state index contributed by atoms with van der Waals surface area (Å²) >= 11 is 0. The SMILES string of the molecule is CCCN1C(=O)C(O)=C(C(=O)C(C)C)C1c1c(C)[nH]c2ccccc12. The van der Waals surface area contributed by atoms with Crippen LogP contribution in [0.2, 0.25) is 0 Å². The van der Waals surface area contributed by atoms with E-state index in [2.05, 4.69) is 4.98 Å². The number of para-hydroxylation sites is 1. The standard InChI is InChI=1S/C20H24N2O3/c1-5-10-22-17(16(18(23)11(2)3)19(24)20(22)25)15-12(4)21-14-9-7-6-8-13(14)15/h6-9,11,17,21,24H,5,10H2,1-4H3.